The van der Waals surface area contributed by atoms with Gasteiger partial charge >= 0.3 is 12.0 Å². The molecule has 1 fully saturated rings. The quantitative estimate of drug-likeness (QED) is 0.723. The number of hydrogen-bond donors (Lipinski definition) is 1. The molecule has 1 aliphatic heterocycles. The summed E-state index contributed by atoms with van der Waals surface area (Å²) in [5.74, 6) is -0.854. The Hall–Kier alpha value is -1.26. The Balaban J connectivity index is 2.57. The highest BCUT2D eigenvalue weighted by Gasteiger charge is 2.34. The number of likely N-dealkylation sites (N-methyl/N-ethyl adjacent to an activating group) is 1. The van der Waals surface area contributed by atoms with E-state index >= 15 is 0 Å². The predicted molar refractivity (Wildman–Crippen MR) is 51.1 cm³/mol. The van der Waals surface area contributed by atoms with Crippen LogP contribution in [0.1, 0.15) is 19.8 Å². The zero-order valence-corrected chi connectivity index (χ0v) is 8.56. The lowest BCUT2D eigenvalue weighted by Crippen LogP contribution is -2.32. The van der Waals surface area contributed by atoms with E-state index in [1.807, 2.05) is 6.92 Å². The average Bonchev–Trinajstić information content (AvgIpc) is 2.34. The second kappa shape index (κ2) is 4.30. The summed E-state index contributed by atoms with van der Waals surface area (Å²) in [5, 5.41) is 8.64. The molecular formula is C9H16N2O3. The van der Waals surface area contributed by atoms with E-state index in [9.17, 15) is 9.59 Å². The summed E-state index contributed by atoms with van der Waals surface area (Å²) >= 11 is 0. The molecule has 0 aliphatic carbocycles. The van der Waals surface area contributed by atoms with Gasteiger partial charge in [-0.1, -0.05) is 6.92 Å². The van der Waals surface area contributed by atoms with E-state index in [1.54, 1.807) is 11.9 Å². The van der Waals surface area contributed by atoms with Crippen LogP contribution < -0.4 is 0 Å². The monoisotopic (exact) mass is 200 g/mol. The van der Waals surface area contributed by atoms with E-state index in [0.29, 0.717) is 13.1 Å². The summed E-state index contributed by atoms with van der Waals surface area (Å²) in [5.41, 5.74) is 0. The maximum atomic E-state index is 11.5. The molecule has 1 rings (SSSR count). The zero-order chi connectivity index (χ0) is 10.7. The molecule has 1 saturated heterocycles. The van der Waals surface area contributed by atoms with Gasteiger partial charge < -0.3 is 14.9 Å². The van der Waals surface area contributed by atoms with E-state index in [2.05, 4.69) is 0 Å². The van der Waals surface area contributed by atoms with Crippen LogP contribution in [0.5, 0.6) is 0 Å². The topological polar surface area (TPSA) is 60.9 Å². The number of aliphatic carboxylic acids is 1. The average molecular weight is 200 g/mol. The number of carbonyl (C=O) groups is 2. The molecule has 80 valence electrons. The molecule has 0 radical (unpaired) electrons. The summed E-state index contributed by atoms with van der Waals surface area (Å²) in [6.07, 6.45) is 0.932. The Kier molecular flexibility index (Phi) is 3.33. The van der Waals surface area contributed by atoms with Crippen LogP contribution in [0.2, 0.25) is 0 Å². The van der Waals surface area contributed by atoms with Crippen LogP contribution in [0.15, 0.2) is 0 Å². The van der Waals surface area contributed by atoms with Gasteiger partial charge in [0.05, 0.1) is 12.5 Å². The first kappa shape index (κ1) is 10.8. The zero-order valence-electron chi connectivity index (χ0n) is 8.56. The van der Waals surface area contributed by atoms with Crippen molar-refractivity contribution < 1.29 is 14.7 Å². The number of urea groups is 1. The SMILES string of the molecule is CCCN1CC(CC(=O)O)N(C)C1=O. The van der Waals surface area contributed by atoms with Gasteiger partial charge in [-0.15, -0.1) is 0 Å². The number of rotatable bonds is 4. The lowest BCUT2D eigenvalue weighted by molar-refractivity contribution is -0.137. The highest BCUT2D eigenvalue weighted by Crippen LogP contribution is 2.16. The molecule has 1 unspecified atom stereocenters. The van der Waals surface area contributed by atoms with Crippen LogP contribution >= 0.6 is 0 Å². The summed E-state index contributed by atoms with van der Waals surface area (Å²) in [4.78, 5) is 25.3. The molecule has 5 nitrogen and oxygen atoms in total. The van der Waals surface area contributed by atoms with Crippen molar-refractivity contribution in [3.63, 3.8) is 0 Å². The second-order valence-corrected chi connectivity index (χ2v) is 3.59. The third kappa shape index (κ3) is 2.16. The predicted octanol–water partition coefficient (Wildman–Crippen LogP) is 0.607. The van der Waals surface area contributed by atoms with Crippen LogP contribution in [0.3, 0.4) is 0 Å². The number of carbonyl (C=O) groups excluding carboxylic acids is 1. The summed E-state index contributed by atoms with van der Waals surface area (Å²) < 4.78 is 0. The molecule has 0 bridgehead atoms. The van der Waals surface area contributed by atoms with E-state index < -0.39 is 5.97 Å². The van der Waals surface area contributed by atoms with Gasteiger partial charge in [0.15, 0.2) is 0 Å². The van der Waals surface area contributed by atoms with E-state index in [0.717, 1.165) is 6.42 Å². The van der Waals surface area contributed by atoms with Crippen molar-refractivity contribution in [2.45, 2.75) is 25.8 Å². The molecule has 1 heterocycles. The Labute approximate surface area is 83.3 Å². The molecule has 1 aliphatic rings. The van der Waals surface area contributed by atoms with Crippen molar-refractivity contribution in [1.29, 1.82) is 0 Å². The fraction of sp³-hybridized carbons (Fsp3) is 0.778. The molecule has 0 aromatic heterocycles. The number of carboxylic acid groups (broad SMARTS) is 1. The lowest BCUT2D eigenvalue weighted by Gasteiger charge is -2.15. The number of carboxylic acids is 1. The number of hydrogen-bond acceptors (Lipinski definition) is 2. The lowest BCUT2D eigenvalue weighted by atomic mass is 10.2. The molecule has 1 atom stereocenters. The van der Waals surface area contributed by atoms with E-state index in [-0.39, 0.29) is 18.5 Å². The van der Waals surface area contributed by atoms with Crippen LogP contribution in [0.4, 0.5) is 4.79 Å². The molecule has 0 saturated carbocycles. The van der Waals surface area contributed by atoms with Gasteiger partial charge in [-0.05, 0) is 6.42 Å². The van der Waals surface area contributed by atoms with Crippen LogP contribution in [-0.4, -0.2) is 53.1 Å². The maximum Gasteiger partial charge on any atom is 0.320 e. The van der Waals surface area contributed by atoms with Crippen molar-refractivity contribution in [2.75, 3.05) is 20.1 Å². The fourth-order valence-electron chi connectivity index (χ4n) is 1.69. The van der Waals surface area contributed by atoms with Gasteiger partial charge in [0.25, 0.3) is 0 Å². The third-order valence-electron chi connectivity index (χ3n) is 2.45. The maximum absolute atomic E-state index is 11.5. The summed E-state index contributed by atoms with van der Waals surface area (Å²) in [7, 11) is 1.66. The summed E-state index contributed by atoms with van der Waals surface area (Å²) in [6, 6.07) is -0.232. The third-order valence-corrected chi connectivity index (χ3v) is 2.45. The number of amides is 2. The van der Waals surface area contributed by atoms with Crippen LogP contribution in [-0.2, 0) is 4.79 Å². The van der Waals surface area contributed by atoms with Gasteiger partial charge in [-0.25, -0.2) is 4.79 Å². The fourth-order valence-corrected chi connectivity index (χ4v) is 1.69. The smallest absolute Gasteiger partial charge is 0.320 e. The summed E-state index contributed by atoms with van der Waals surface area (Å²) in [6.45, 7) is 3.24. The van der Waals surface area contributed by atoms with Crippen LogP contribution in [0, 0.1) is 0 Å². The Morgan fingerprint density at radius 2 is 2.29 bits per heavy atom. The Morgan fingerprint density at radius 1 is 1.64 bits per heavy atom. The first-order chi connectivity index (χ1) is 6.56. The van der Waals surface area contributed by atoms with Crippen molar-refractivity contribution in [1.82, 2.24) is 9.80 Å². The first-order valence-electron chi connectivity index (χ1n) is 4.79. The van der Waals surface area contributed by atoms with Gasteiger partial charge in [0.1, 0.15) is 0 Å². The van der Waals surface area contributed by atoms with Gasteiger partial charge in [-0.2, -0.15) is 0 Å². The molecule has 5 heteroatoms. The largest absolute Gasteiger partial charge is 0.481 e. The molecular weight excluding hydrogens is 184 g/mol. The molecule has 0 aromatic rings. The van der Waals surface area contributed by atoms with Crippen molar-refractivity contribution in [3.8, 4) is 0 Å². The highest BCUT2D eigenvalue weighted by molar-refractivity contribution is 5.78. The van der Waals surface area contributed by atoms with Crippen LogP contribution in [0.25, 0.3) is 0 Å². The van der Waals surface area contributed by atoms with Crippen molar-refractivity contribution in [3.05, 3.63) is 0 Å². The number of nitrogens with zero attached hydrogens (tertiary/aromatic N) is 2. The first-order valence-corrected chi connectivity index (χ1v) is 4.79. The van der Waals surface area contributed by atoms with Gasteiger partial charge in [0.2, 0.25) is 0 Å². The van der Waals surface area contributed by atoms with Gasteiger partial charge in [0, 0.05) is 20.1 Å². The standard InChI is InChI=1S/C9H16N2O3/c1-3-4-11-6-7(5-8(12)13)10(2)9(11)14/h7H,3-6H2,1-2H3,(H,12,13). The molecule has 0 aromatic carbocycles. The molecule has 0 spiro atoms. The Bertz CT molecular complexity index is 242. The Morgan fingerprint density at radius 3 is 2.79 bits per heavy atom. The van der Waals surface area contributed by atoms with Gasteiger partial charge in [-0.3, -0.25) is 4.79 Å². The second-order valence-electron chi connectivity index (χ2n) is 3.59. The van der Waals surface area contributed by atoms with Crippen molar-refractivity contribution in [2.24, 2.45) is 0 Å². The normalized spacial score (nSPS) is 21.9. The minimum atomic E-state index is -0.854. The molecule has 1 N–H and O–H groups in total. The minimum absolute atomic E-state index is 0.0302. The van der Waals surface area contributed by atoms with E-state index in [1.165, 1.54) is 4.90 Å². The highest BCUT2D eigenvalue weighted by atomic mass is 16.4. The molecule has 2 amide bonds. The van der Waals surface area contributed by atoms with Crippen molar-refractivity contribution >= 4 is 12.0 Å². The molecule has 14 heavy (non-hydrogen) atoms. The minimum Gasteiger partial charge on any atom is -0.481 e. The van der Waals surface area contributed by atoms with E-state index in [4.69, 9.17) is 5.11 Å².